The van der Waals surface area contributed by atoms with Crippen LogP contribution in [-0.2, 0) is 4.79 Å². The molecule has 2 aromatic carbocycles. The van der Waals surface area contributed by atoms with Crippen molar-refractivity contribution in [3.8, 4) is 5.75 Å². The Balaban J connectivity index is 1.72. The van der Waals surface area contributed by atoms with Gasteiger partial charge in [0.25, 0.3) is 5.91 Å². The van der Waals surface area contributed by atoms with Gasteiger partial charge < -0.3 is 20.7 Å². The first-order valence-corrected chi connectivity index (χ1v) is 9.65. The van der Waals surface area contributed by atoms with Crippen molar-refractivity contribution in [2.75, 3.05) is 31.6 Å². The Hall–Kier alpha value is -2.57. The molecule has 3 N–H and O–H groups in total. The van der Waals surface area contributed by atoms with Gasteiger partial charge >= 0.3 is 0 Å². The predicted octanol–water partition coefficient (Wildman–Crippen LogP) is 2.95. The van der Waals surface area contributed by atoms with E-state index >= 15 is 0 Å². The molecule has 6 nitrogen and oxygen atoms in total. The Kier molecular flexibility index (Phi) is 6.54. The molecule has 0 radical (unpaired) electrons. The number of fused-ring (bicyclic) bond motifs is 1. The number of rotatable bonds is 7. The van der Waals surface area contributed by atoms with Crippen LogP contribution in [0.15, 0.2) is 42.5 Å². The van der Waals surface area contributed by atoms with Crippen LogP contribution >= 0.6 is 11.6 Å². The van der Waals surface area contributed by atoms with Crippen molar-refractivity contribution >= 4 is 29.1 Å². The minimum atomic E-state index is -0.261. The van der Waals surface area contributed by atoms with Gasteiger partial charge in [0, 0.05) is 36.6 Å². The molecule has 28 heavy (non-hydrogen) atoms. The molecule has 1 atom stereocenters. The summed E-state index contributed by atoms with van der Waals surface area (Å²) >= 11 is 6.04. The highest BCUT2D eigenvalue weighted by atomic mass is 35.5. The minimum Gasteiger partial charge on any atom is -0.493 e. The number of anilines is 1. The first kappa shape index (κ1) is 20.2. The molecule has 1 aliphatic rings. The Morgan fingerprint density at radius 1 is 1.32 bits per heavy atom. The van der Waals surface area contributed by atoms with E-state index < -0.39 is 0 Å². The van der Waals surface area contributed by atoms with E-state index in [0.29, 0.717) is 48.9 Å². The third-order valence-corrected chi connectivity index (χ3v) is 5.07. The molecular formula is C21H24ClN3O3. The van der Waals surface area contributed by atoms with Crippen LogP contribution in [0.1, 0.15) is 34.7 Å². The minimum absolute atomic E-state index is 0.0373. The summed E-state index contributed by atoms with van der Waals surface area (Å²) in [4.78, 5) is 26.7. The number of hydrogen-bond donors (Lipinski definition) is 2. The molecule has 0 spiro atoms. The van der Waals surface area contributed by atoms with Crippen LogP contribution in [0.2, 0.25) is 5.02 Å². The van der Waals surface area contributed by atoms with Gasteiger partial charge in [-0.05, 0) is 42.8 Å². The smallest absolute Gasteiger partial charge is 0.255 e. The Bertz CT molecular complexity index is 872. The standard InChI is InChI=1S/C21H24ClN3O3/c1-25-18-6-3-2-5-16(18)14(11-20(25)26)13-24-21(27)17-8-7-15(22)12-19(17)28-10-4-9-23/h2-3,5-8,12,14H,4,9-11,13,23H2,1H3,(H,24,27)/t14-/m1/s1. The van der Waals surface area contributed by atoms with Crippen LogP contribution in [0, 0.1) is 0 Å². The van der Waals surface area contributed by atoms with Gasteiger partial charge in [-0.25, -0.2) is 0 Å². The number of hydrogen-bond acceptors (Lipinski definition) is 4. The van der Waals surface area contributed by atoms with Gasteiger partial charge in [0.1, 0.15) is 5.75 Å². The highest BCUT2D eigenvalue weighted by Gasteiger charge is 2.29. The average molecular weight is 402 g/mol. The SMILES string of the molecule is CN1C(=O)C[C@H](CNC(=O)c2ccc(Cl)cc2OCCCN)c2ccccc21. The number of amides is 2. The summed E-state index contributed by atoms with van der Waals surface area (Å²) in [6.45, 7) is 1.28. The number of carbonyl (C=O) groups is 2. The summed E-state index contributed by atoms with van der Waals surface area (Å²) in [6, 6.07) is 12.7. The maximum atomic E-state index is 12.8. The van der Waals surface area contributed by atoms with Crippen molar-refractivity contribution < 1.29 is 14.3 Å². The molecule has 2 aromatic rings. The van der Waals surface area contributed by atoms with Crippen LogP contribution in [0.25, 0.3) is 0 Å². The van der Waals surface area contributed by atoms with Gasteiger partial charge in [-0.2, -0.15) is 0 Å². The molecule has 148 valence electrons. The number of halogens is 1. The van der Waals surface area contributed by atoms with Crippen molar-refractivity contribution in [1.29, 1.82) is 0 Å². The van der Waals surface area contributed by atoms with Gasteiger partial charge in [0.05, 0.1) is 12.2 Å². The second kappa shape index (κ2) is 9.08. The maximum Gasteiger partial charge on any atom is 0.255 e. The molecule has 2 amide bonds. The monoisotopic (exact) mass is 401 g/mol. The van der Waals surface area contributed by atoms with Crippen molar-refractivity contribution in [3.05, 3.63) is 58.6 Å². The normalized spacial score (nSPS) is 15.9. The van der Waals surface area contributed by atoms with E-state index in [1.165, 1.54) is 0 Å². The van der Waals surface area contributed by atoms with Gasteiger partial charge in [-0.1, -0.05) is 29.8 Å². The lowest BCUT2D eigenvalue weighted by Gasteiger charge is -2.31. The first-order valence-electron chi connectivity index (χ1n) is 9.27. The summed E-state index contributed by atoms with van der Waals surface area (Å²) in [5, 5.41) is 3.43. The topological polar surface area (TPSA) is 84.7 Å². The van der Waals surface area contributed by atoms with Crippen LogP contribution in [-0.4, -0.2) is 38.6 Å². The average Bonchev–Trinajstić information content (AvgIpc) is 2.70. The lowest BCUT2D eigenvalue weighted by Crippen LogP contribution is -2.37. The molecule has 0 aromatic heterocycles. The second-order valence-electron chi connectivity index (χ2n) is 6.75. The Labute approximate surface area is 169 Å². The Morgan fingerprint density at radius 3 is 2.89 bits per heavy atom. The molecule has 0 fully saturated rings. The van der Waals surface area contributed by atoms with E-state index in [0.717, 1.165) is 11.3 Å². The van der Waals surface area contributed by atoms with Gasteiger partial charge in [0.15, 0.2) is 0 Å². The molecule has 0 bridgehead atoms. The summed E-state index contributed by atoms with van der Waals surface area (Å²) in [5.74, 6) is 0.134. The lowest BCUT2D eigenvalue weighted by atomic mass is 9.89. The van der Waals surface area contributed by atoms with E-state index in [-0.39, 0.29) is 17.7 Å². The fraction of sp³-hybridized carbons (Fsp3) is 0.333. The summed E-state index contributed by atoms with van der Waals surface area (Å²) in [5.41, 5.74) is 7.85. The molecule has 1 heterocycles. The van der Waals surface area contributed by atoms with Crippen LogP contribution in [0.4, 0.5) is 5.69 Å². The van der Waals surface area contributed by atoms with E-state index in [2.05, 4.69) is 5.32 Å². The van der Waals surface area contributed by atoms with Crippen molar-refractivity contribution in [1.82, 2.24) is 5.32 Å². The summed E-state index contributed by atoms with van der Waals surface area (Å²) < 4.78 is 5.67. The molecule has 1 aliphatic heterocycles. The van der Waals surface area contributed by atoms with Crippen LogP contribution < -0.4 is 20.7 Å². The number of carbonyl (C=O) groups excluding carboxylic acids is 2. The van der Waals surface area contributed by atoms with Crippen molar-refractivity contribution in [3.63, 3.8) is 0 Å². The molecule has 0 unspecified atom stereocenters. The van der Waals surface area contributed by atoms with Gasteiger partial charge in [0.2, 0.25) is 5.91 Å². The third-order valence-electron chi connectivity index (χ3n) is 4.84. The lowest BCUT2D eigenvalue weighted by molar-refractivity contribution is -0.119. The fourth-order valence-corrected chi connectivity index (χ4v) is 3.45. The zero-order valence-electron chi connectivity index (χ0n) is 15.8. The first-order chi connectivity index (χ1) is 13.5. The van der Waals surface area contributed by atoms with Gasteiger partial charge in [-0.15, -0.1) is 0 Å². The third kappa shape index (κ3) is 4.46. The molecule has 7 heteroatoms. The quantitative estimate of drug-likeness (QED) is 0.698. The van der Waals surface area contributed by atoms with Crippen molar-refractivity contribution in [2.45, 2.75) is 18.8 Å². The molecule has 0 saturated heterocycles. The van der Waals surface area contributed by atoms with E-state index in [9.17, 15) is 9.59 Å². The number of para-hydroxylation sites is 1. The highest BCUT2D eigenvalue weighted by Crippen LogP contribution is 2.34. The van der Waals surface area contributed by atoms with Crippen LogP contribution in [0.3, 0.4) is 0 Å². The predicted molar refractivity (Wildman–Crippen MR) is 110 cm³/mol. The number of ether oxygens (including phenoxy) is 1. The van der Waals surface area contributed by atoms with Crippen molar-refractivity contribution in [2.24, 2.45) is 5.73 Å². The second-order valence-corrected chi connectivity index (χ2v) is 7.19. The Morgan fingerprint density at radius 2 is 2.11 bits per heavy atom. The number of nitrogens with one attached hydrogen (secondary N) is 1. The van der Waals surface area contributed by atoms with E-state index in [4.69, 9.17) is 22.1 Å². The van der Waals surface area contributed by atoms with E-state index in [1.54, 1.807) is 30.1 Å². The summed E-state index contributed by atoms with van der Waals surface area (Å²) in [7, 11) is 1.77. The zero-order chi connectivity index (χ0) is 20.1. The van der Waals surface area contributed by atoms with Gasteiger partial charge in [-0.3, -0.25) is 9.59 Å². The number of benzene rings is 2. The number of nitrogens with two attached hydrogens (primary N) is 1. The van der Waals surface area contributed by atoms with Crippen LogP contribution in [0.5, 0.6) is 5.75 Å². The highest BCUT2D eigenvalue weighted by molar-refractivity contribution is 6.30. The largest absolute Gasteiger partial charge is 0.493 e. The summed E-state index contributed by atoms with van der Waals surface area (Å²) in [6.07, 6.45) is 1.04. The maximum absolute atomic E-state index is 12.8. The van der Waals surface area contributed by atoms with E-state index in [1.807, 2.05) is 24.3 Å². The zero-order valence-corrected chi connectivity index (χ0v) is 16.5. The molecule has 0 saturated carbocycles. The fourth-order valence-electron chi connectivity index (χ4n) is 3.29. The molecule has 3 rings (SSSR count). The number of nitrogens with zero attached hydrogens (tertiary/aromatic N) is 1. The molecule has 0 aliphatic carbocycles. The molecular weight excluding hydrogens is 378 g/mol.